The number of carbonyl (C=O) groups excluding carboxylic acids is 2. The maximum absolute atomic E-state index is 13.9. The van der Waals surface area contributed by atoms with Crippen LogP contribution in [-0.2, 0) is 9.47 Å². The standard InChI is InChI=1S/C74H76N2O6/c75-53-55-25-29-57(30-26-55)59-33-37-69(38-34-59)79-41-19-13-9-5-1-3-7-11-15-21-43-81-73(77)71-51-67-49-65-47-63-45-61-23-17-18-24-62(61)46-64(63)48-66(65)50-68(67)52-72(71)74(78)82-44-22-16-12-8-4-2-6-10-14-20-42-80-70-39-35-60(36-40-70)58-31-27-56(54-76)28-32-58/h17-18,23-40,45-52H,1-16,19-22,41-44H2. The number of unbranched alkanes of at least 4 members (excludes halogenated alkanes) is 18. The van der Waals surface area contributed by atoms with E-state index in [4.69, 9.17) is 29.5 Å². The average Bonchev–Trinajstić information content (AvgIpc) is 3.69. The molecule has 0 radical (unpaired) electrons. The Labute approximate surface area is 484 Å². The van der Waals surface area contributed by atoms with E-state index in [0.29, 0.717) is 37.6 Å². The molecule has 0 heterocycles. The van der Waals surface area contributed by atoms with Gasteiger partial charge in [-0.25, -0.2) is 9.59 Å². The molecule has 82 heavy (non-hydrogen) atoms. The largest absolute Gasteiger partial charge is 0.494 e. The van der Waals surface area contributed by atoms with E-state index in [1.165, 1.54) is 62.1 Å². The average molecular weight is 1090 g/mol. The van der Waals surface area contributed by atoms with E-state index in [1.807, 2.05) is 84.9 Å². The lowest BCUT2D eigenvalue weighted by Crippen LogP contribution is -2.15. The minimum Gasteiger partial charge on any atom is -0.494 e. The van der Waals surface area contributed by atoms with Crippen molar-refractivity contribution in [3.63, 3.8) is 0 Å². The number of esters is 2. The van der Waals surface area contributed by atoms with Crippen LogP contribution in [-0.4, -0.2) is 38.4 Å². The summed E-state index contributed by atoms with van der Waals surface area (Å²) >= 11 is 0. The number of benzene rings is 9. The topological polar surface area (TPSA) is 119 Å². The van der Waals surface area contributed by atoms with E-state index in [1.54, 1.807) is 0 Å². The van der Waals surface area contributed by atoms with Crippen LogP contribution >= 0.6 is 0 Å². The molecule has 0 amide bonds. The molecule has 0 atom stereocenters. The summed E-state index contributed by atoms with van der Waals surface area (Å²) < 4.78 is 23.8. The van der Waals surface area contributed by atoms with Crippen LogP contribution in [0.4, 0.5) is 0 Å². The first kappa shape index (κ1) is 58.2. The van der Waals surface area contributed by atoms with Gasteiger partial charge in [-0.1, -0.05) is 176 Å². The molecule has 0 saturated carbocycles. The normalized spacial score (nSPS) is 11.2. The van der Waals surface area contributed by atoms with Gasteiger partial charge in [-0.3, -0.25) is 0 Å². The Morgan fingerprint density at radius 2 is 0.549 bits per heavy atom. The van der Waals surface area contributed by atoms with Crippen molar-refractivity contribution in [3.8, 4) is 45.9 Å². The summed E-state index contributed by atoms with van der Waals surface area (Å²) in [7, 11) is 0. The first-order valence-corrected chi connectivity index (χ1v) is 30.1. The van der Waals surface area contributed by atoms with E-state index in [2.05, 4.69) is 97.1 Å². The maximum Gasteiger partial charge on any atom is 0.339 e. The van der Waals surface area contributed by atoms with E-state index in [9.17, 15) is 9.59 Å². The molecule has 0 aromatic heterocycles. The van der Waals surface area contributed by atoms with Crippen molar-refractivity contribution >= 4 is 55.0 Å². The van der Waals surface area contributed by atoms with Gasteiger partial charge in [0.2, 0.25) is 0 Å². The van der Waals surface area contributed by atoms with Crippen LogP contribution in [0.25, 0.3) is 65.3 Å². The Balaban J connectivity index is 0.663. The summed E-state index contributed by atoms with van der Waals surface area (Å²) in [5.41, 5.74) is 6.21. The second-order valence-corrected chi connectivity index (χ2v) is 21.8. The maximum atomic E-state index is 13.9. The fraction of sp³-hybridized carbons (Fsp3) is 0.324. The number of hydrogen-bond donors (Lipinski definition) is 0. The first-order chi connectivity index (χ1) is 40.4. The van der Waals surface area contributed by atoms with Crippen LogP contribution in [0, 0.1) is 22.7 Å². The molecular formula is C74H76N2O6. The molecule has 0 aliphatic heterocycles. The molecule has 0 saturated heterocycles. The minimum absolute atomic E-state index is 0.254. The lowest BCUT2D eigenvalue weighted by molar-refractivity contribution is 0.0450. The summed E-state index contributed by atoms with van der Waals surface area (Å²) in [6.07, 6.45) is 22.1. The van der Waals surface area contributed by atoms with Gasteiger partial charge >= 0.3 is 11.9 Å². The monoisotopic (exact) mass is 1090 g/mol. The Morgan fingerprint density at radius 3 is 0.854 bits per heavy atom. The van der Waals surface area contributed by atoms with Crippen molar-refractivity contribution in [2.24, 2.45) is 0 Å². The second kappa shape index (κ2) is 30.9. The van der Waals surface area contributed by atoms with E-state index >= 15 is 0 Å². The van der Waals surface area contributed by atoms with Gasteiger partial charge in [0.05, 0.1) is 60.8 Å². The molecule has 9 aromatic rings. The van der Waals surface area contributed by atoms with Crippen molar-refractivity contribution in [1.29, 1.82) is 10.5 Å². The highest BCUT2D eigenvalue weighted by molar-refractivity contribution is 6.12. The van der Waals surface area contributed by atoms with Crippen LogP contribution in [0.2, 0.25) is 0 Å². The highest BCUT2D eigenvalue weighted by Gasteiger charge is 2.22. The van der Waals surface area contributed by atoms with Gasteiger partial charge in [0, 0.05) is 0 Å². The Morgan fingerprint density at radius 1 is 0.293 bits per heavy atom. The lowest BCUT2D eigenvalue weighted by atomic mass is 9.95. The smallest absolute Gasteiger partial charge is 0.339 e. The molecule has 9 aromatic carbocycles. The van der Waals surface area contributed by atoms with Gasteiger partial charge in [-0.2, -0.15) is 10.5 Å². The number of hydrogen-bond acceptors (Lipinski definition) is 8. The zero-order valence-electron chi connectivity index (χ0n) is 47.5. The molecule has 0 N–H and O–H groups in total. The van der Waals surface area contributed by atoms with E-state index in [-0.39, 0.29) is 11.1 Å². The van der Waals surface area contributed by atoms with E-state index in [0.717, 1.165) is 143 Å². The quantitative estimate of drug-likeness (QED) is 0.0232. The number of ether oxygens (including phenoxy) is 4. The molecular weight excluding hydrogens is 1010 g/mol. The van der Waals surface area contributed by atoms with E-state index < -0.39 is 11.9 Å². The molecule has 0 aliphatic carbocycles. The predicted molar refractivity (Wildman–Crippen MR) is 334 cm³/mol. The molecule has 0 spiro atoms. The van der Waals surface area contributed by atoms with Crippen molar-refractivity contribution in [2.45, 2.75) is 128 Å². The SMILES string of the molecule is N#Cc1ccc(-c2ccc(OCCCCCCCCCCCCOC(=O)c3cc4cc5cc6cc7ccccc7cc6cc5cc4cc3C(=O)OCCCCCCCCCCCCOc3ccc(-c4ccc(C#N)cc4)cc3)cc2)cc1. The Kier molecular flexibility index (Phi) is 22.0. The molecule has 9 rings (SSSR count). The fourth-order valence-electron chi connectivity index (χ4n) is 10.9. The third kappa shape index (κ3) is 17.0. The number of nitriles is 2. The number of fused-ring (bicyclic) bond motifs is 4. The second-order valence-electron chi connectivity index (χ2n) is 21.8. The predicted octanol–water partition coefficient (Wildman–Crippen LogP) is 19.7. The van der Waals surface area contributed by atoms with Crippen molar-refractivity contribution in [1.82, 2.24) is 0 Å². The summed E-state index contributed by atoms with van der Waals surface area (Å²) in [5, 5.41) is 26.7. The summed E-state index contributed by atoms with van der Waals surface area (Å²) in [5.74, 6) is 0.786. The van der Waals surface area contributed by atoms with Crippen LogP contribution < -0.4 is 9.47 Å². The summed E-state index contributed by atoms with van der Waals surface area (Å²) in [6, 6.07) is 61.0. The Bertz CT molecular complexity index is 3360. The number of carbonyl (C=O) groups is 2. The van der Waals surface area contributed by atoms with Gasteiger partial charge in [0.15, 0.2) is 0 Å². The molecule has 8 nitrogen and oxygen atoms in total. The summed E-state index contributed by atoms with van der Waals surface area (Å²) in [6.45, 7) is 2.04. The third-order valence-corrected chi connectivity index (χ3v) is 15.7. The Hall–Kier alpha value is -8.46. The molecule has 418 valence electrons. The van der Waals surface area contributed by atoms with Gasteiger partial charge in [-0.05, 0) is 188 Å². The number of rotatable bonds is 32. The fourth-order valence-corrected chi connectivity index (χ4v) is 10.9. The molecule has 0 fully saturated rings. The van der Waals surface area contributed by atoms with Gasteiger partial charge in [0.25, 0.3) is 0 Å². The molecule has 8 heteroatoms. The van der Waals surface area contributed by atoms with Crippen LogP contribution in [0.3, 0.4) is 0 Å². The first-order valence-electron chi connectivity index (χ1n) is 30.1. The van der Waals surface area contributed by atoms with Crippen LogP contribution in [0.15, 0.2) is 170 Å². The molecule has 0 aliphatic rings. The van der Waals surface area contributed by atoms with Gasteiger partial charge in [-0.15, -0.1) is 0 Å². The highest BCUT2D eigenvalue weighted by atomic mass is 16.5. The van der Waals surface area contributed by atoms with Crippen molar-refractivity contribution in [3.05, 3.63) is 192 Å². The van der Waals surface area contributed by atoms with Crippen molar-refractivity contribution < 1.29 is 28.5 Å². The van der Waals surface area contributed by atoms with Crippen LogP contribution in [0.1, 0.15) is 160 Å². The van der Waals surface area contributed by atoms with Gasteiger partial charge < -0.3 is 18.9 Å². The molecule has 0 bridgehead atoms. The third-order valence-electron chi connectivity index (χ3n) is 15.7. The van der Waals surface area contributed by atoms with Crippen molar-refractivity contribution in [2.75, 3.05) is 26.4 Å². The highest BCUT2D eigenvalue weighted by Crippen LogP contribution is 2.33. The summed E-state index contributed by atoms with van der Waals surface area (Å²) in [4.78, 5) is 27.7. The number of nitrogens with zero attached hydrogens (tertiary/aromatic N) is 2. The van der Waals surface area contributed by atoms with Crippen LogP contribution in [0.5, 0.6) is 11.5 Å². The zero-order chi connectivity index (χ0) is 56.6. The molecule has 0 unspecified atom stereocenters. The minimum atomic E-state index is -0.487. The lowest BCUT2D eigenvalue weighted by Gasteiger charge is -2.13. The zero-order valence-corrected chi connectivity index (χ0v) is 47.5. The van der Waals surface area contributed by atoms with Gasteiger partial charge in [0.1, 0.15) is 11.5 Å².